The number of Topliss-reactive ketones (excluding diaryl/α,β-unsaturated/α-hetero) is 1. The van der Waals surface area contributed by atoms with Crippen LogP contribution in [0.25, 0.3) is 0 Å². The summed E-state index contributed by atoms with van der Waals surface area (Å²) in [6.45, 7) is 2.65. The first-order valence-electron chi connectivity index (χ1n) is 6.60. The van der Waals surface area contributed by atoms with Crippen molar-refractivity contribution in [3.8, 4) is 5.75 Å². The molecular formula is C16H16O2S. The van der Waals surface area contributed by atoms with E-state index in [1.165, 1.54) is 16.9 Å². The third kappa shape index (κ3) is 2.56. The molecule has 1 aliphatic carbocycles. The van der Waals surface area contributed by atoms with Gasteiger partial charge in [-0.3, -0.25) is 4.79 Å². The maximum atomic E-state index is 12.2. The number of hydrogen-bond donors (Lipinski definition) is 0. The van der Waals surface area contributed by atoms with Crippen LogP contribution >= 0.6 is 11.3 Å². The zero-order valence-electron chi connectivity index (χ0n) is 10.8. The van der Waals surface area contributed by atoms with Crippen molar-refractivity contribution in [3.05, 3.63) is 52.2 Å². The lowest BCUT2D eigenvalue weighted by Gasteiger charge is -2.05. The lowest BCUT2D eigenvalue weighted by atomic mass is 10.1. The Labute approximate surface area is 117 Å². The van der Waals surface area contributed by atoms with E-state index in [0.717, 1.165) is 17.0 Å². The second-order valence-electron chi connectivity index (χ2n) is 4.80. The first-order chi connectivity index (χ1) is 9.29. The number of carbonyl (C=O) groups excluding carboxylic acids is 1. The normalized spacial score (nSPS) is 21.1. The maximum absolute atomic E-state index is 12.2. The van der Waals surface area contributed by atoms with Crippen molar-refractivity contribution in [2.24, 2.45) is 5.92 Å². The Hall–Kier alpha value is -1.61. The number of carbonyl (C=O) groups is 1. The van der Waals surface area contributed by atoms with E-state index in [2.05, 4.69) is 12.1 Å². The average molecular weight is 272 g/mol. The predicted octanol–water partition coefficient (Wildman–Crippen LogP) is 4.13. The lowest BCUT2D eigenvalue weighted by molar-refractivity contribution is 0.0969. The Morgan fingerprint density at radius 2 is 2.26 bits per heavy atom. The van der Waals surface area contributed by atoms with Gasteiger partial charge in [0.15, 0.2) is 5.78 Å². The van der Waals surface area contributed by atoms with E-state index in [0.29, 0.717) is 18.3 Å². The van der Waals surface area contributed by atoms with Gasteiger partial charge in [0.1, 0.15) is 5.75 Å². The smallest absolute Gasteiger partial charge is 0.176 e. The molecule has 19 heavy (non-hydrogen) atoms. The molecule has 0 amide bonds. The fourth-order valence-corrected chi connectivity index (χ4v) is 3.18. The largest absolute Gasteiger partial charge is 0.494 e. The molecule has 2 atom stereocenters. The Morgan fingerprint density at radius 1 is 1.37 bits per heavy atom. The van der Waals surface area contributed by atoms with Crippen LogP contribution in [0.15, 0.2) is 41.8 Å². The highest BCUT2D eigenvalue weighted by Gasteiger charge is 2.44. The van der Waals surface area contributed by atoms with Crippen LogP contribution in [0.5, 0.6) is 5.75 Å². The van der Waals surface area contributed by atoms with Gasteiger partial charge in [0.2, 0.25) is 0 Å². The molecule has 3 heteroatoms. The van der Waals surface area contributed by atoms with Gasteiger partial charge in [0.05, 0.1) is 11.5 Å². The van der Waals surface area contributed by atoms with E-state index in [1.54, 1.807) is 0 Å². The second-order valence-corrected chi connectivity index (χ2v) is 5.74. The molecule has 2 nitrogen and oxygen atoms in total. The number of rotatable bonds is 5. The number of thiophene rings is 1. The molecule has 1 aliphatic rings. The molecule has 0 bridgehead atoms. The summed E-state index contributed by atoms with van der Waals surface area (Å²) in [6, 6.07) is 12.0. The van der Waals surface area contributed by atoms with Gasteiger partial charge in [-0.2, -0.15) is 0 Å². The molecule has 3 rings (SSSR count). The molecule has 0 N–H and O–H groups in total. The zero-order chi connectivity index (χ0) is 13.2. The van der Waals surface area contributed by atoms with E-state index in [-0.39, 0.29) is 5.92 Å². The summed E-state index contributed by atoms with van der Waals surface area (Å²) in [5.41, 5.74) is 1.22. The Balaban J connectivity index is 1.72. The summed E-state index contributed by atoms with van der Waals surface area (Å²) in [6.07, 6.45) is 0.965. The minimum atomic E-state index is 0.163. The van der Waals surface area contributed by atoms with Gasteiger partial charge in [-0.15, -0.1) is 11.3 Å². The molecule has 1 aromatic heterocycles. The molecule has 0 aliphatic heterocycles. The van der Waals surface area contributed by atoms with E-state index in [4.69, 9.17) is 4.74 Å². The number of hydrogen-bond acceptors (Lipinski definition) is 3. The molecule has 1 fully saturated rings. The molecule has 1 heterocycles. The van der Waals surface area contributed by atoms with E-state index in [9.17, 15) is 4.79 Å². The van der Waals surface area contributed by atoms with Gasteiger partial charge in [-0.05, 0) is 48.4 Å². The highest BCUT2D eigenvalue weighted by Crippen LogP contribution is 2.50. The van der Waals surface area contributed by atoms with Crippen LogP contribution < -0.4 is 4.74 Å². The van der Waals surface area contributed by atoms with Gasteiger partial charge in [-0.1, -0.05) is 18.2 Å². The van der Waals surface area contributed by atoms with Crippen LogP contribution in [0.4, 0.5) is 0 Å². The predicted molar refractivity (Wildman–Crippen MR) is 77.1 cm³/mol. The monoisotopic (exact) mass is 272 g/mol. The average Bonchev–Trinajstić information content (AvgIpc) is 3.04. The van der Waals surface area contributed by atoms with Crippen LogP contribution in [0.2, 0.25) is 0 Å². The third-order valence-electron chi connectivity index (χ3n) is 3.49. The fraction of sp³-hybridized carbons (Fsp3) is 0.312. The Morgan fingerprint density at radius 3 is 3.00 bits per heavy atom. The summed E-state index contributed by atoms with van der Waals surface area (Å²) >= 11 is 1.53. The number of ketones is 1. The number of ether oxygens (including phenoxy) is 1. The molecule has 0 spiro atoms. The van der Waals surface area contributed by atoms with E-state index in [1.807, 2.05) is 36.6 Å². The van der Waals surface area contributed by atoms with E-state index >= 15 is 0 Å². The van der Waals surface area contributed by atoms with Crippen molar-refractivity contribution < 1.29 is 9.53 Å². The van der Waals surface area contributed by atoms with Crippen molar-refractivity contribution >= 4 is 17.1 Å². The van der Waals surface area contributed by atoms with Gasteiger partial charge in [0.25, 0.3) is 0 Å². The highest BCUT2D eigenvalue weighted by atomic mass is 32.1. The van der Waals surface area contributed by atoms with Crippen molar-refractivity contribution in [3.63, 3.8) is 0 Å². The molecule has 0 radical (unpaired) electrons. The van der Waals surface area contributed by atoms with Crippen LogP contribution in [0.3, 0.4) is 0 Å². The van der Waals surface area contributed by atoms with Crippen molar-refractivity contribution in [2.45, 2.75) is 19.3 Å². The van der Waals surface area contributed by atoms with Gasteiger partial charge >= 0.3 is 0 Å². The maximum Gasteiger partial charge on any atom is 0.176 e. The van der Waals surface area contributed by atoms with Gasteiger partial charge in [0, 0.05) is 5.92 Å². The summed E-state index contributed by atoms with van der Waals surface area (Å²) in [5, 5.41) is 1.96. The quantitative estimate of drug-likeness (QED) is 0.765. The fourth-order valence-electron chi connectivity index (χ4n) is 2.46. The molecule has 2 aromatic rings. The number of benzene rings is 1. The standard InChI is InChI=1S/C16H16O2S/c1-2-18-12-6-3-5-11(9-12)13-10-14(13)16(17)15-7-4-8-19-15/h3-9,13-14H,2,10H2,1H3. The lowest BCUT2D eigenvalue weighted by Crippen LogP contribution is -2.00. The minimum Gasteiger partial charge on any atom is -0.494 e. The molecule has 0 saturated heterocycles. The van der Waals surface area contributed by atoms with Crippen molar-refractivity contribution in [1.29, 1.82) is 0 Å². The SMILES string of the molecule is CCOc1cccc(C2CC2C(=O)c2cccs2)c1. The highest BCUT2D eigenvalue weighted by molar-refractivity contribution is 7.12. The third-order valence-corrected chi connectivity index (χ3v) is 4.37. The van der Waals surface area contributed by atoms with Gasteiger partial charge < -0.3 is 4.74 Å². The van der Waals surface area contributed by atoms with Crippen LogP contribution in [0, 0.1) is 5.92 Å². The summed E-state index contributed by atoms with van der Waals surface area (Å²) in [4.78, 5) is 13.1. The van der Waals surface area contributed by atoms with Crippen molar-refractivity contribution in [1.82, 2.24) is 0 Å². The topological polar surface area (TPSA) is 26.3 Å². The molecular weight excluding hydrogens is 256 g/mol. The first kappa shape index (κ1) is 12.4. The first-order valence-corrected chi connectivity index (χ1v) is 7.48. The zero-order valence-corrected chi connectivity index (χ0v) is 11.7. The molecule has 2 unspecified atom stereocenters. The van der Waals surface area contributed by atoms with Gasteiger partial charge in [-0.25, -0.2) is 0 Å². The van der Waals surface area contributed by atoms with Crippen LogP contribution in [-0.4, -0.2) is 12.4 Å². The second kappa shape index (κ2) is 5.17. The molecule has 98 valence electrons. The summed E-state index contributed by atoms with van der Waals surface area (Å²) < 4.78 is 5.51. The minimum absolute atomic E-state index is 0.163. The van der Waals surface area contributed by atoms with Crippen molar-refractivity contribution in [2.75, 3.05) is 6.61 Å². The molecule has 1 saturated carbocycles. The molecule has 1 aromatic carbocycles. The van der Waals surface area contributed by atoms with E-state index < -0.39 is 0 Å². The Kier molecular flexibility index (Phi) is 3.38. The van der Waals surface area contributed by atoms with Crippen LogP contribution in [0.1, 0.15) is 34.5 Å². The Bertz CT molecular complexity index is 574. The van der Waals surface area contributed by atoms with Crippen LogP contribution in [-0.2, 0) is 0 Å². The summed E-state index contributed by atoms with van der Waals surface area (Å²) in [5.74, 6) is 1.72. The summed E-state index contributed by atoms with van der Waals surface area (Å²) in [7, 11) is 0.